The van der Waals surface area contributed by atoms with Crippen molar-refractivity contribution in [2.45, 2.75) is 38.0 Å². The number of esters is 1. The molecule has 0 bridgehead atoms. The van der Waals surface area contributed by atoms with Gasteiger partial charge in [-0.1, -0.05) is 18.2 Å². The van der Waals surface area contributed by atoms with Crippen LogP contribution in [0.25, 0.3) is 0 Å². The van der Waals surface area contributed by atoms with Crippen molar-refractivity contribution in [1.29, 1.82) is 0 Å². The molecular weight excluding hydrogens is 390 g/mol. The summed E-state index contributed by atoms with van der Waals surface area (Å²) in [6.07, 6.45) is 1.83. The summed E-state index contributed by atoms with van der Waals surface area (Å²) in [6.45, 7) is 4.65. The number of sulfonamides is 1. The Morgan fingerprint density at radius 2 is 1.62 bits per heavy atom. The van der Waals surface area contributed by atoms with Crippen molar-refractivity contribution >= 4 is 21.8 Å². The molecule has 0 saturated carbocycles. The molecule has 1 aliphatic heterocycles. The highest BCUT2D eigenvalue weighted by Gasteiger charge is 2.27. The van der Waals surface area contributed by atoms with Crippen molar-refractivity contribution in [2.75, 3.05) is 19.7 Å². The van der Waals surface area contributed by atoms with E-state index in [9.17, 15) is 18.0 Å². The SMILES string of the molecule is Cc1ccc(CC(=O)OCC(=O)c2ccc(S(=O)(=O)N3CCCC3)cc2)cc1C. The van der Waals surface area contributed by atoms with Crippen LogP contribution in [0.3, 0.4) is 0 Å². The van der Waals surface area contributed by atoms with Crippen molar-refractivity contribution in [1.82, 2.24) is 4.31 Å². The molecule has 0 radical (unpaired) electrons. The Morgan fingerprint density at radius 1 is 0.966 bits per heavy atom. The Kier molecular flexibility index (Phi) is 6.49. The van der Waals surface area contributed by atoms with E-state index < -0.39 is 16.0 Å². The van der Waals surface area contributed by atoms with E-state index in [1.807, 2.05) is 32.0 Å². The Hall–Kier alpha value is -2.51. The highest BCUT2D eigenvalue weighted by molar-refractivity contribution is 7.89. The summed E-state index contributed by atoms with van der Waals surface area (Å²) in [5.41, 5.74) is 3.38. The van der Waals surface area contributed by atoms with E-state index in [2.05, 4.69) is 0 Å². The number of benzene rings is 2. The Labute approximate surface area is 171 Å². The molecule has 0 aromatic heterocycles. The topological polar surface area (TPSA) is 80.8 Å². The minimum Gasteiger partial charge on any atom is -0.457 e. The predicted molar refractivity (Wildman–Crippen MR) is 109 cm³/mol. The molecule has 0 spiro atoms. The third-order valence-corrected chi connectivity index (χ3v) is 7.08. The molecule has 3 rings (SSSR count). The average molecular weight is 416 g/mol. The quantitative estimate of drug-likeness (QED) is 0.513. The number of carbonyl (C=O) groups is 2. The second kappa shape index (κ2) is 8.88. The van der Waals surface area contributed by atoms with Crippen LogP contribution in [0.15, 0.2) is 47.4 Å². The molecule has 2 aromatic rings. The van der Waals surface area contributed by atoms with Gasteiger partial charge >= 0.3 is 5.97 Å². The van der Waals surface area contributed by atoms with Gasteiger partial charge in [-0.2, -0.15) is 4.31 Å². The summed E-state index contributed by atoms with van der Waals surface area (Å²) in [4.78, 5) is 24.5. The lowest BCUT2D eigenvalue weighted by molar-refractivity contribution is -0.141. The molecule has 7 heteroatoms. The first-order valence-corrected chi connectivity index (χ1v) is 11.1. The molecule has 1 aliphatic rings. The molecule has 0 aliphatic carbocycles. The van der Waals surface area contributed by atoms with Gasteiger partial charge in [-0.25, -0.2) is 8.42 Å². The number of hydrogen-bond acceptors (Lipinski definition) is 5. The van der Waals surface area contributed by atoms with Gasteiger partial charge in [-0.3, -0.25) is 9.59 Å². The monoisotopic (exact) mass is 415 g/mol. The van der Waals surface area contributed by atoms with E-state index in [4.69, 9.17) is 4.74 Å². The lowest BCUT2D eigenvalue weighted by atomic mass is 10.0. The first-order valence-electron chi connectivity index (χ1n) is 9.62. The number of rotatable bonds is 7. The van der Waals surface area contributed by atoms with Gasteiger partial charge in [0, 0.05) is 18.7 Å². The van der Waals surface area contributed by atoms with Crippen LogP contribution in [0.1, 0.15) is 39.9 Å². The van der Waals surface area contributed by atoms with E-state index in [1.165, 1.54) is 28.6 Å². The fourth-order valence-electron chi connectivity index (χ4n) is 3.25. The maximum atomic E-state index is 12.5. The maximum Gasteiger partial charge on any atom is 0.310 e. The Balaban J connectivity index is 1.56. The number of Topliss-reactive ketones (excluding diaryl/α,β-unsaturated/α-hetero) is 1. The fraction of sp³-hybridized carbons (Fsp3) is 0.364. The zero-order valence-electron chi connectivity index (χ0n) is 16.7. The minimum atomic E-state index is -3.51. The van der Waals surface area contributed by atoms with Gasteiger partial charge in [0.15, 0.2) is 12.4 Å². The zero-order valence-corrected chi connectivity index (χ0v) is 17.5. The number of aryl methyl sites for hydroxylation is 2. The normalized spacial score (nSPS) is 14.7. The molecular formula is C22H25NO5S. The molecule has 0 N–H and O–H groups in total. The van der Waals surface area contributed by atoms with Crippen LogP contribution >= 0.6 is 0 Å². The van der Waals surface area contributed by atoms with Crippen LogP contribution in [-0.4, -0.2) is 44.2 Å². The minimum absolute atomic E-state index is 0.0986. The van der Waals surface area contributed by atoms with Gasteiger partial charge in [-0.05, 0) is 67.6 Å². The van der Waals surface area contributed by atoms with Crippen LogP contribution in [0, 0.1) is 13.8 Å². The van der Waals surface area contributed by atoms with Crippen molar-refractivity contribution in [2.24, 2.45) is 0 Å². The van der Waals surface area contributed by atoms with Crippen molar-refractivity contribution in [3.63, 3.8) is 0 Å². The van der Waals surface area contributed by atoms with Crippen LogP contribution in [0.2, 0.25) is 0 Å². The first kappa shape index (κ1) is 21.2. The van der Waals surface area contributed by atoms with E-state index in [0.29, 0.717) is 18.7 Å². The maximum absolute atomic E-state index is 12.5. The van der Waals surface area contributed by atoms with Gasteiger partial charge in [0.1, 0.15) is 0 Å². The van der Waals surface area contributed by atoms with Crippen LogP contribution < -0.4 is 0 Å². The van der Waals surface area contributed by atoms with E-state index >= 15 is 0 Å². The van der Waals surface area contributed by atoms with E-state index in [0.717, 1.165) is 29.5 Å². The molecule has 0 amide bonds. The molecule has 1 heterocycles. The van der Waals surface area contributed by atoms with Gasteiger partial charge in [0.25, 0.3) is 0 Å². The summed E-state index contributed by atoms with van der Waals surface area (Å²) < 4.78 is 31.6. The summed E-state index contributed by atoms with van der Waals surface area (Å²) in [5.74, 6) is -0.849. The Morgan fingerprint density at radius 3 is 2.24 bits per heavy atom. The lowest BCUT2D eigenvalue weighted by Crippen LogP contribution is -2.27. The summed E-state index contributed by atoms with van der Waals surface area (Å²) in [7, 11) is -3.51. The summed E-state index contributed by atoms with van der Waals surface area (Å²) in [6, 6.07) is 11.5. The average Bonchev–Trinajstić information content (AvgIpc) is 3.25. The van der Waals surface area contributed by atoms with E-state index in [-0.39, 0.29) is 23.7 Å². The summed E-state index contributed by atoms with van der Waals surface area (Å²) in [5, 5.41) is 0. The molecule has 2 aromatic carbocycles. The van der Waals surface area contributed by atoms with Gasteiger partial charge in [0.05, 0.1) is 11.3 Å². The van der Waals surface area contributed by atoms with Gasteiger partial charge in [-0.15, -0.1) is 0 Å². The molecule has 154 valence electrons. The lowest BCUT2D eigenvalue weighted by Gasteiger charge is -2.15. The van der Waals surface area contributed by atoms with Crippen LogP contribution in [-0.2, 0) is 26.0 Å². The molecule has 1 fully saturated rings. The standard InChI is InChI=1S/C22H25NO5S/c1-16-5-6-18(13-17(16)2)14-22(25)28-15-21(24)19-7-9-20(10-8-19)29(26,27)23-11-3-4-12-23/h5-10,13H,3-4,11-12,14-15H2,1-2H3. The largest absolute Gasteiger partial charge is 0.457 e. The second-order valence-corrected chi connectivity index (χ2v) is 9.25. The molecule has 6 nitrogen and oxygen atoms in total. The molecule has 0 atom stereocenters. The van der Waals surface area contributed by atoms with E-state index in [1.54, 1.807) is 0 Å². The highest BCUT2D eigenvalue weighted by atomic mass is 32.2. The van der Waals surface area contributed by atoms with Crippen LogP contribution in [0.4, 0.5) is 0 Å². The second-order valence-electron chi connectivity index (χ2n) is 7.31. The highest BCUT2D eigenvalue weighted by Crippen LogP contribution is 2.21. The van der Waals surface area contributed by atoms with Gasteiger partial charge in [0.2, 0.25) is 10.0 Å². The molecule has 1 saturated heterocycles. The first-order chi connectivity index (χ1) is 13.8. The third kappa shape index (κ3) is 5.10. The third-order valence-electron chi connectivity index (χ3n) is 5.16. The molecule has 29 heavy (non-hydrogen) atoms. The number of ether oxygens (including phenoxy) is 1. The van der Waals surface area contributed by atoms with Crippen molar-refractivity contribution in [3.8, 4) is 0 Å². The number of carbonyl (C=O) groups excluding carboxylic acids is 2. The number of nitrogens with zero attached hydrogens (tertiary/aromatic N) is 1. The number of hydrogen-bond donors (Lipinski definition) is 0. The van der Waals surface area contributed by atoms with Crippen molar-refractivity contribution < 1.29 is 22.7 Å². The smallest absolute Gasteiger partial charge is 0.310 e. The summed E-state index contributed by atoms with van der Waals surface area (Å²) >= 11 is 0. The predicted octanol–water partition coefficient (Wildman–Crippen LogP) is 3.06. The zero-order chi connectivity index (χ0) is 21.0. The fourth-order valence-corrected chi connectivity index (χ4v) is 4.77. The van der Waals surface area contributed by atoms with Crippen molar-refractivity contribution in [3.05, 3.63) is 64.7 Å². The number of ketones is 1. The Bertz CT molecular complexity index is 1010. The molecule has 0 unspecified atom stereocenters. The van der Waals surface area contributed by atoms with Gasteiger partial charge < -0.3 is 4.74 Å². The van der Waals surface area contributed by atoms with Crippen LogP contribution in [0.5, 0.6) is 0 Å².